The summed E-state index contributed by atoms with van der Waals surface area (Å²) in [5.74, 6) is 0.974. The zero-order valence-corrected chi connectivity index (χ0v) is 10.7. The van der Waals surface area contributed by atoms with Crippen LogP contribution in [-0.4, -0.2) is 23.5 Å². The van der Waals surface area contributed by atoms with Gasteiger partial charge in [0.15, 0.2) is 0 Å². The van der Waals surface area contributed by atoms with Crippen molar-refractivity contribution in [3.05, 3.63) is 11.3 Å². The molecule has 0 bridgehead atoms. The van der Waals surface area contributed by atoms with Gasteiger partial charge in [-0.2, -0.15) is 0 Å². The Balaban J connectivity index is 2.29. The van der Waals surface area contributed by atoms with Gasteiger partial charge in [-0.25, -0.2) is 0 Å². The third-order valence-electron chi connectivity index (χ3n) is 3.36. The molecule has 3 heteroatoms. The summed E-state index contributed by atoms with van der Waals surface area (Å²) in [6.45, 7) is 9.20. The number of carbonyl (C=O) groups is 1. The largest absolute Gasteiger partial charge is 0.370 e. The van der Waals surface area contributed by atoms with Crippen molar-refractivity contribution >= 4 is 5.91 Å². The van der Waals surface area contributed by atoms with E-state index in [1.54, 1.807) is 0 Å². The highest BCUT2D eigenvalue weighted by Crippen LogP contribution is 2.32. The van der Waals surface area contributed by atoms with Crippen LogP contribution in [-0.2, 0) is 4.79 Å². The molecule has 0 unspecified atom stereocenters. The Morgan fingerprint density at radius 2 is 1.81 bits per heavy atom. The molecule has 0 radical (unpaired) electrons. The smallest absolute Gasteiger partial charge is 0.253 e. The first kappa shape index (κ1) is 11.5. The summed E-state index contributed by atoms with van der Waals surface area (Å²) in [7, 11) is 0. The molecule has 1 saturated carbocycles. The zero-order chi connectivity index (χ0) is 11.9. The Hall–Kier alpha value is -0.990. The molecule has 1 aliphatic heterocycles. The van der Waals surface area contributed by atoms with Gasteiger partial charge in [-0.05, 0) is 24.7 Å². The standard InChI is InChI=1S/C13H22N2O/c1-8(2)11-12(9(3)4)14-7-15(13(11)16)10-5-6-10/h8-10,14H,5-7H2,1-4H3. The highest BCUT2D eigenvalue weighted by molar-refractivity contribution is 5.95. The van der Waals surface area contributed by atoms with E-state index in [1.165, 1.54) is 12.8 Å². The van der Waals surface area contributed by atoms with Crippen molar-refractivity contribution in [1.82, 2.24) is 10.2 Å². The van der Waals surface area contributed by atoms with Gasteiger partial charge in [0, 0.05) is 17.3 Å². The molecule has 0 aromatic carbocycles. The Kier molecular flexibility index (Phi) is 2.96. The number of rotatable bonds is 3. The molecule has 1 fully saturated rings. The van der Waals surface area contributed by atoms with Crippen molar-refractivity contribution in [2.24, 2.45) is 11.8 Å². The average Bonchev–Trinajstić information content (AvgIpc) is 2.99. The first-order valence-corrected chi connectivity index (χ1v) is 6.31. The highest BCUT2D eigenvalue weighted by Gasteiger charge is 2.38. The van der Waals surface area contributed by atoms with Crippen LogP contribution < -0.4 is 5.32 Å². The van der Waals surface area contributed by atoms with Crippen molar-refractivity contribution in [3.8, 4) is 0 Å². The lowest BCUT2D eigenvalue weighted by Gasteiger charge is -2.34. The van der Waals surface area contributed by atoms with Gasteiger partial charge in [0.05, 0.1) is 6.67 Å². The molecule has 0 aromatic rings. The molecule has 3 nitrogen and oxygen atoms in total. The van der Waals surface area contributed by atoms with Crippen molar-refractivity contribution < 1.29 is 4.79 Å². The number of carbonyl (C=O) groups excluding carboxylic acids is 1. The summed E-state index contributed by atoms with van der Waals surface area (Å²) < 4.78 is 0. The fraction of sp³-hybridized carbons (Fsp3) is 0.769. The number of allylic oxidation sites excluding steroid dienone is 1. The van der Waals surface area contributed by atoms with Crippen LogP contribution in [0.2, 0.25) is 0 Å². The van der Waals surface area contributed by atoms with Crippen molar-refractivity contribution in [2.45, 2.75) is 46.6 Å². The molecule has 2 rings (SSSR count). The molecule has 0 aromatic heterocycles. The van der Waals surface area contributed by atoms with E-state index in [0.29, 0.717) is 24.5 Å². The first-order valence-electron chi connectivity index (χ1n) is 6.31. The van der Waals surface area contributed by atoms with E-state index in [1.807, 2.05) is 4.90 Å². The van der Waals surface area contributed by atoms with Crippen LogP contribution in [0.3, 0.4) is 0 Å². The number of nitrogens with one attached hydrogen (secondary N) is 1. The van der Waals surface area contributed by atoms with Crippen LogP contribution in [0.4, 0.5) is 0 Å². The van der Waals surface area contributed by atoms with E-state index in [9.17, 15) is 4.79 Å². The summed E-state index contributed by atoms with van der Waals surface area (Å²) in [6, 6.07) is 0.502. The lowest BCUT2D eigenvalue weighted by atomic mass is 9.93. The van der Waals surface area contributed by atoms with E-state index < -0.39 is 0 Å². The quantitative estimate of drug-likeness (QED) is 0.793. The van der Waals surface area contributed by atoms with Crippen LogP contribution in [0, 0.1) is 11.8 Å². The minimum Gasteiger partial charge on any atom is -0.370 e. The molecule has 0 atom stereocenters. The molecule has 1 heterocycles. The summed E-state index contributed by atoms with van der Waals surface area (Å²) in [5, 5.41) is 3.44. The van der Waals surface area contributed by atoms with Gasteiger partial charge >= 0.3 is 0 Å². The fourth-order valence-electron chi connectivity index (χ4n) is 2.36. The monoisotopic (exact) mass is 222 g/mol. The summed E-state index contributed by atoms with van der Waals surface area (Å²) in [5.41, 5.74) is 2.14. The Labute approximate surface area is 97.9 Å². The molecule has 16 heavy (non-hydrogen) atoms. The third kappa shape index (κ3) is 1.95. The summed E-state index contributed by atoms with van der Waals surface area (Å²) >= 11 is 0. The van der Waals surface area contributed by atoms with E-state index >= 15 is 0 Å². The molecular weight excluding hydrogens is 200 g/mol. The molecular formula is C13H22N2O. The van der Waals surface area contributed by atoms with Gasteiger partial charge in [0.2, 0.25) is 0 Å². The van der Waals surface area contributed by atoms with E-state index in [-0.39, 0.29) is 5.91 Å². The normalized spacial score (nSPS) is 22.1. The van der Waals surface area contributed by atoms with Crippen LogP contribution in [0.25, 0.3) is 0 Å². The van der Waals surface area contributed by atoms with Crippen LogP contribution >= 0.6 is 0 Å². The first-order chi connectivity index (χ1) is 7.52. The lowest BCUT2D eigenvalue weighted by molar-refractivity contribution is -0.129. The van der Waals surface area contributed by atoms with Crippen molar-refractivity contribution in [1.29, 1.82) is 0 Å². The predicted octanol–water partition coefficient (Wildman–Crippen LogP) is 2.10. The predicted molar refractivity (Wildman–Crippen MR) is 64.6 cm³/mol. The molecule has 90 valence electrons. The Morgan fingerprint density at radius 1 is 1.19 bits per heavy atom. The Bertz CT molecular complexity index is 327. The van der Waals surface area contributed by atoms with Gasteiger partial charge in [0.25, 0.3) is 5.91 Å². The minimum absolute atomic E-state index is 0.264. The van der Waals surface area contributed by atoms with Gasteiger partial charge in [-0.1, -0.05) is 27.7 Å². The van der Waals surface area contributed by atoms with Crippen LogP contribution in [0.5, 0.6) is 0 Å². The van der Waals surface area contributed by atoms with E-state index in [4.69, 9.17) is 0 Å². The van der Waals surface area contributed by atoms with E-state index in [2.05, 4.69) is 33.0 Å². The second-order valence-electron chi connectivity index (χ2n) is 5.48. The molecule has 0 spiro atoms. The maximum Gasteiger partial charge on any atom is 0.253 e. The number of hydrogen-bond acceptors (Lipinski definition) is 2. The lowest BCUT2D eigenvalue weighted by Crippen LogP contribution is -2.48. The van der Waals surface area contributed by atoms with E-state index in [0.717, 1.165) is 11.3 Å². The molecule has 0 saturated heterocycles. The topological polar surface area (TPSA) is 32.3 Å². The molecule has 2 aliphatic rings. The van der Waals surface area contributed by atoms with Crippen LogP contribution in [0.15, 0.2) is 11.3 Å². The molecule has 1 aliphatic carbocycles. The maximum atomic E-state index is 12.4. The average molecular weight is 222 g/mol. The number of nitrogens with zero attached hydrogens (tertiary/aromatic N) is 1. The number of hydrogen-bond donors (Lipinski definition) is 1. The fourth-order valence-corrected chi connectivity index (χ4v) is 2.36. The van der Waals surface area contributed by atoms with Gasteiger partial charge < -0.3 is 10.2 Å². The third-order valence-corrected chi connectivity index (χ3v) is 3.36. The van der Waals surface area contributed by atoms with Gasteiger partial charge in [-0.3, -0.25) is 4.79 Å². The van der Waals surface area contributed by atoms with Crippen LogP contribution in [0.1, 0.15) is 40.5 Å². The van der Waals surface area contributed by atoms with Crippen molar-refractivity contribution in [3.63, 3.8) is 0 Å². The molecule has 1 N–H and O–H groups in total. The maximum absolute atomic E-state index is 12.4. The van der Waals surface area contributed by atoms with Gasteiger partial charge in [-0.15, -0.1) is 0 Å². The summed E-state index contributed by atoms with van der Waals surface area (Å²) in [6.07, 6.45) is 2.35. The second kappa shape index (κ2) is 4.11. The SMILES string of the molecule is CC(C)C1=C(C(C)C)C(=O)N(C2CC2)CN1. The minimum atomic E-state index is 0.264. The second-order valence-corrected chi connectivity index (χ2v) is 5.48. The molecule has 1 amide bonds. The van der Waals surface area contributed by atoms with Gasteiger partial charge in [0.1, 0.15) is 0 Å². The number of amides is 1. The Morgan fingerprint density at radius 3 is 2.25 bits per heavy atom. The summed E-state index contributed by atoms with van der Waals surface area (Å²) in [4.78, 5) is 14.4. The zero-order valence-electron chi connectivity index (χ0n) is 10.7. The highest BCUT2D eigenvalue weighted by atomic mass is 16.2. The van der Waals surface area contributed by atoms with Crippen molar-refractivity contribution in [2.75, 3.05) is 6.67 Å².